The van der Waals surface area contributed by atoms with E-state index >= 15 is 0 Å². The van der Waals surface area contributed by atoms with Crippen molar-refractivity contribution in [3.8, 4) is 0 Å². The van der Waals surface area contributed by atoms with Gasteiger partial charge >= 0.3 is 0 Å². The summed E-state index contributed by atoms with van der Waals surface area (Å²) >= 11 is 0. The number of rotatable bonds is 16. The monoisotopic (exact) mass is 371 g/mol. The van der Waals surface area contributed by atoms with Crippen molar-refractivity contribution in [2.24, 2.45) is 11.8 Å². The fourth-order valence-electron chi connectivity index (χ4n) is 3.86. The van der Waals surface area contributed by atoms with Gasteiger partial charge in [-0.25, -0.2) is 0 Å². The molecule has 0 spiro atoms. The molecule has 1 rings (SSSR count). The summed E-state index contributed by atoms with van der Waals surface area (Å²) < 4.78 is 0. The van der Waals surface area contributed by atoms with Gasteiger partial charge in [-0.15, -0.1) is 0 Å². The van der Waals surface area contributed by atoms with E-state index in [1.807, 2.05) is 0 Å². The number of nitrogens with zero attached hydrogens (tertiary/aromatic N) is 1. The maximum absolute atomic E-state index is 2.78. The standard InChI is InChI=1S/C26H45N/c1-5-9-16-24(7-3)22-27(23-25(8-4)17-10-6-2)21-15-14-20-26-18-12-11-13-19-26/h11-14,18-20,24-25H,5-10,15-17,21-23H2,1-4H3. The second-order valence-corrected chi connectivity index (χ2v) is 8.19. The number of benzene rings is 1. The lowest BCUT2D eigenvalue weighted by Crippen LogP contribution is -2.34. The highest BCUT2D eigenvalue weighted by atomic mass is 15.1. The molecule has 1 aromatic carbocycles. The third-order valence-corrected chi connectivity index (χ3v) is 5.84. The summed E-state index contributed by atoms with van der Waals surface area (Å²) in [7, 11) is 0. The highest BCUT2D eigenvalue weighted by molar-refractivity contribution is 5.48. The first kappa shape index (κ1) is 24.0. The van der Waals surface area contributed by atoms with E-state index in [1.165, 1.54) is 76.6 Å². The molecule has 0 amide bonds. The van der Waals surface area contributed by atoms with Crippen LogP contribution in [0.5, 0.6) is 0 Å². The van der Waals surface area contributed by atoms with Crippen molar-refractivity contribution in [1.29, 1.82) is 0 Å². The van der Waals surface area contributed by atoms with Gasteiger partial charge < -0.3 is 4.90 Å². The normalized spacial score (nSPS) is 14.1. The molecule has 1 aromatic rings. The van der Waals surface area contributed by atoms with E-state index in [0.717, 1.165) is 18.3 Å². The largest absolute Gasteiger partial charge is 0.302 e. The molecule has 0 aromatic heterocycles. The van der Waals surface area contributed by atoms with Gasteiger partial charge in [0.05, 0.1) is 0 Å². The van der Waals surface area contributed by atoms with Crippen LogP contribution in [0.25, 0.3) is 6.08 Å². The molecule has 0 N–H and O–H groups in total. The zero-order valence-electron chi connectivity index (χ0n) is 18.6. The van der Waals surface area contributed by atoms with Crippen LogP contribution in [-0.2, 0) is 0 Å². The van der Waals surface area contributed by atoms with Gasteiger partial charge in [0.15, 0.2) is 0 Å². The third-order valence-electron chi connectivity index (χ3n) is 5.84. The Bertz CT molecular complexity index is 446. The zero-order chi connectivity index (χ0) is 19.7. The molecular formula is C26H45N. The van der Waals surface area contributed by atoms with Crippen LogP contribution in [0.3, 0.4) is 0 Å². The third kappa shape index (κ3) is 11.4. The molecule has 0 heterocycles. The summed E-state index contributed by atoms with van der Waals surface area (Å²) in [6.45, 7) is 13.2. The highest BCUT2D eigenvalue weighted by Gasteiger charge is 2.16. The Morgan fingerprint density at radius 3 is 1.85 bits per heavy atom. The van der Waals surface area contributed by atoms with Crippen molar-refractivity contribution in [3.05, 3.63) is 42.0 Å². The average molecular weight is 372 g/mol. The first-order chi connectivity index (χ1) is 13.2. The van der Waals surface area contributed by atoms with Crippen LogP contribution in [0.2, 0.25) is 0 Å². The van der Waals surface area contributed by atoms with Gasteiger partial charge in [-0.05, 0) is 36.7 Å². The summed E-state index contributed by atoms with van der Waals surface area (Å²) in [6.07, 6.45) is 16.6. The minimum Gasteiger partial charge on any atom is -0.302 e. The van der Waals surface area contributed by atoms with E-state index in [-0.39, 0.29) is 0 Å². The second-order valence-electron chi connectivity index (χ2n) is 8.19. The van der Waals surface area contributed by atoms with E-state index in [2.05, 4.69) is 75.1 Å². The number of hydrogen-bond acceptors (Lipinski definition) is 1. The minimum absolute atomic E-state index is 0.867. The Balaban J connectivity index is 2.60. The topological polar surface area (TPSA) is 3.24 Å². The molecule has 0 saturated carbocycles. The Labute approximate surface area is 170 Å². The summed E-state index contributed by atoms with van der Waals surface area (Å²) in [5, 5.41) is 0. The van der Waals surface area contributed by atoms with Crippen LogP contribution >= 0.6 is 0 Å². The zero-order valence-corrected chi connectivity index (χ0v) is 18.6. The predicted octanol–water partition coefficient (Wildman–Crippen LogP) is 7.82. The Morgan fingerprint density at radius 1 is 0.815 bits per heavy atom. The molecule has 0 saturated heterocycles. The van der Waals surface area contributed by atoms with E-state index < -0.39 is 0 Å². The van der Waals surface area contributed by atoms with Gasteiger partial charge in [0.25, 0.3) is 0 Å². The molecule has 1 nitrogen and oxygen atoms in total. The lowest BCUT2D eigenvalue weighted by molar-refractivity contribution is 0.184. The smallest absolute Gasteiger partial charge is 0.00162 e. The van der Waals surface area contributed by atoms with Crippen LogP contribution in [0.15, 0.2) is 36.4 Å². The van der Waals surface area contributed by atoms with E-state index in [0.29, 0.717) is 0 Å². The van der Waals surface area contributed by atoms with Crippen molar-refractivity contribution in [2.75, 3.05) is 19.6 Å². The molecular weight excluding hydrogens is 326 g/mol. The Hall–Kier alpha value is -1.08. The Morgan fingerprint density at radius 2 is 1.37 bits per heavy atom. The van der Waals surface area contributed by atoms with Crippen LogP contribution in [0, 0.1) is 11.8 Å². The molecule has 27 heavy (non-hydrogen) atoms. The first-order valence-electron chi connectivity index (χ1n) is 11.7. The van der Waals surface area contributed by atoms with E-state index in [4.69, 9.17) is 0 Å². The van der Waals surface area contributed by atoms with Crippen LogP contribution in [0.4, 0.5) is 0 Å². The summed E-state index contributed by atoms with van der Waals surface area (Å²) in [4.78, 5) is 2.78. The van der Waals surface area contributed by atoms with Gasteiger partial charge in [0.2, 0.25) is 0 Å². The summed E-state index contributed by atoms with van der Waals surface area (Å²) in [5.74, 6) is 1.73. The molecule has 0 fully saturated rings. The van der Waals surface area contributed by atoms with E-state index in [1.54, 1.807) is 0 Å². The molecule has 154 valence electrons. The van der Waals surface area contributed by atoms with Crippen molar-refractivity contribution in [3.63, 3.8) is 0 Å². The molecule has 1 heteroatoms. The van der Waals surface area contributed by atoms with Crippen molar-refractivity contribution >= 4 is 6.08 Å². The van der Waals surface area contributed by atoms with Gasteiger partial charge in [0, 0.05) is 19.6 Å². The van der Waals surface area contributed by atoms with Crippen LogP contribution < -0.4 is 0 Å². The SMILES string of the molecule is CCCCC(CC)CN(CCC=Cc1ccccc1)CC(CC)CCCC. The minimum atomic E-state index is 0.867. The first-order valence-corrected chi connectivity index (χ1v) is 11.7. The maximum Gasteiger partial charge on any atom is 0.00162 e. The molecule has 0 bridgehead atoms. The Kier molecular flexibility index (Phi) is 14.1. The van der Waals surface area contributed by atoms with Gasteiger partial charge in [0.1, 0.15) is 0 Å². The maximum atomic E-state index is 2.78. The molecule has 2 atom stereocenters. The summed E-state index contributed by atoms with van der Waals surface area (Å²) in [5.41, 5.74) is 1.31. The van der Waals surface area contributed by atoms with Gasteiger partial charge in [-0.2, -0.15) is 0 Å². The van der Waals surface area contributed by atoms with Crippen molar-refractivity contribution < 1.29 is 0 Å². The molecule has 2 unspecified atom stereocenters. The number of hydrogen-bond donors (Lipinski definition) is 0. The molecule has 0 aliphatic carbocycles. The fraction of sp³-hybridized carbons (Fsp3) is 0.692. The second kappa shape index (κ2) is 15.9. The molecule has 0 aliphatic heterocycles. The van der Waals surface area contributed by atoms with Crippen LogP contribution in [0.1, 0.15) is 91.0 Å². The van der Waals surface area contributed by atoms with Crippen LogP contribution in [-0.4, -0.2) is 24.5 Å². The molecule has 0 aliphatic rings. The lowest BCUT2D eigenvalue weighted by Gasteiger charge is -2.30. The quantitative estimate of drug-likeness (QED) is 0.286. The van der Waals surface area contributed by atoms with Crippen molar-refractivity contribution in [1.82, 2.24) is 4.90 Å². The highest BCUT2D eigenvalue weighted by Crippen LogP contribution is 2.19. The van der Waals surface area contributed by atoms with Gasteiger partial charge in [-0.3, -0.25) is 0 Å². The lowest BCUT2D eigenvalue weighted by atomic mass is 9.95. The predicted molar refractivity (Wildman–Crippen MR) is 123 cm³/mol. The molecule has 0 radical (unpaired) electrons. The van der Waals surface area contributed by atoms with E-state index in [9.17, 15) is 0 Å². The fourth-order valence-corrected chi connectivity index (χ4v) is 3.86. The average Bonchev–Trinajstić information content (AvgIpc) is 2.71. The summed E-state index contributed by atoms with van der Waals surface area (Å²) in [6, 6.07) is 10.7. The van der Waals surface area contributed by atoms with Gasteiger partial charge in [-0.1, -0.05) is 109 Å². The number of unbranched alkanes of at least 4 members (excludes halogenated alkanes) is 2. The van der Waals surface area contributed by atoms with Crippen molar-refractivity contribution in [2.45, 2.75) is 85.5 Å².